The first-order chi connectivity index (χ1) is 9.67. The maximum Gasteiger partial charge on any atom is 0.251 e. The second-order valence-electron chi connectivity index (χ2n) is 4.92. The third-order valence-corrected chi connectivity index (χ3v) is 3.96. The molecular formula is C16H20N2OS. The third-order valence-electron chi connectivity index (χ3n) is 3.02. The predicted molar refractivity (Wildman–Crippen MR) is 84.2 cm³/mol. The average molecular weight is 288 g/mol. The first kappa shape index (κ1) is 14.9. The maximum atomic E-state index is 11.6. The molecule has 0 aliphatic rings. The third kappa shape index (κ3) is 4.53. The van der Waals surface area contributed by atoms with Crippen LogP contribution in [-0.4, -0.2) is 9.97 Å². The van der Waals surface area contributed by atoms with Crippen molar-refractivity contribution in [2.75, 3.05) is 0 Å². The Bertz CT molecular complexity index is 622. The summed E-state index contributed by atoms with van der Waals surface area (Å²) in [5.41, 5.74) is 3.33. The van der Waals surface area contributed by atoms with Gasteiger partial charge in [-0.25, -0.2) is 4.98 Å². The molecule has 0 amide bonds. The summed E-state index contributed by atoms with van der Waals surface area (Å²) in [6, 6.07) is 10.00. The summed E-state index contributed by atoms with van der Waals surface area (Å²) in [5, 5.41) is 0.713. The molecule has 0 atom stereocenters. The van der Waals surface area contributed by atoms with Crippen LogP contribution in [-0.2, 0) is 12.2 Å². The van der Waals surface area contributed by atoms with Crippen LogP contribution in [0.1, 0.15) is 36.6 Å². The molecule has 20 heavy (non-hydrogen) atoms. The minimum absolute atomic E-state index is 0.0576. The summed E-state index contributed by atoms with van der Waals surface area (Å²) in [6.07, 6.45) is 3.05. The van der Waals surface area contributed by atoms with Gasteiger partial charge in [-0.05, 0) is 25.3 Å². The van der Waals surface area contributed by atoms with Crippen molar-refractivity contribution in [3.8, 4) is 0 Å². The molecule has 2 aromatic rings. The zero-order valence-corrected chi connectivity index (χ0v) is 12.8. The van der Waals surface area contributed by atoms with Crippen molar-refractivity contribution in [3.05, 3.63) is 57.5 Å². The molecule has 1 aromatic heterocycles. The van der Waals surface area contributed by atoms with Crippen LogP contribution in [0.15, 0.2) is 40.3 Å². The Morgan fingerprint density at radius 3 is 2.90 bits per heavy atom. The largest absolute Gasteiger partial charge is 0.301 e. The van der Waals surface area contributed by atoms with Gasteiger partial charge in [0.05, 0.1) is 0 Å². The van der Waals surface area contributed by atoms with Crippen LogP contribution in [0.5, 0.6) is 0 Å². The Labute approximate surface area is 123 Å². The Morgan fingerprint density at radius 2 is 2.15 bits per heavy atom. The fraction of sp³-hybridized carbons (Fsp3) is 0.375. The summed E-state index contributed by atoms with van der Waals surface area (Å²) in [4.78, 5) is 19.0. The van der Waals surface area contributed by atoms with Gasteiger partial charge in [0.1, 0.15) is 0 Å². The van der Waals surface area contributed by atoms with E-state index in [1.807, 2.05) is 0 Å². The van der Waals surface area contributed by atoms with Crippen LogP contribution in [0.4, 0.5) is 0 Å². The van der Waals surface area contributed by atoms with Crippen LogP contribution in [0, 0.1) is 6.92 Å². The van der Waals surface area contributed by atoms with Crippen molar-refractivity contribution in [2.45, 2.75) is 44.0 Å². The van der Waals surface area contributed by atoms with E-state index in [2.05, 4.69) is 48.1 Å². The zero-order chi connectivity index (χ0) is 14.4. The molecule has 1 aromatic carbocycles. The molecule has 0 unspecified atom stereocenters. The maximum absolute atomic E-state index is 11.6. The molecule has 106 valence electrons. The lowest BCUT2D eigenvalue weighted by molar-refractivity contribution is 0.752. The van der Waals surface area contributed by atoms with Gasteiger partial charge in [-0.2, -0.15) is 0 Å². The van der Waals surface area contributed by atoms with E-state index in [1.54, 1.807) is 17.8 Å². The summed E-state index contributed by atoms with van der Waals surface area (Å²) < 4.78 is 0. The van der Waals surface area contributed by atoms with E-state index in [4.69, 9.17) is 0 Å². The number of nitrogens with zero attached hydrogens (tertiary/aromatic N) is 1. The molecule has 1 N–H and O–H groups in total. The molecular weight excluding hydrogens is 268 g/mol. The number of thioether (sulfide) groups is 1. The van der Waals surface area contributed by atoms with Gasteiger partial charge in [-0.15, -0.1) is 0 Å². The van der Waals surface area contributed by atoms with E-state index in [-0.39, 0.29) is 5.56 Å². The lowest BCUT2D eigenvalue weighted by atomic mass is 10.2. The van der Waals surface area contributed by atoms with Gasteiger partial charge in [0.25, 0.3) is 5.56 Å². The topological polar surface area (TPSA) is 45.8 Å². The molecule has 0 radical (unpaired) electrons. The van der Waals surface area contributed by atoms with E-state index >= 15 is 0 Å². The fourth-order valence-electron chi connectivity index (χ4n) is 1.99. The molecule has 0 spiro atoms. The normalized spacial score (nSPS) is 10.7. The number of aromatic nitrogens is 2. The Hall–Kier alpha value is -1.55. The number of unbranched alkanes of at least 4 members (excludes halogenated alkanes) is 1. The number of aryl methyl sites for hydroxylation is 2. The number of H-pyrrole nitrogens is 1. The molecule has 0 aliphatic heterocycles. The number of hydrogen-bond donors (Lipinski definition) is 1. The molecule has 0 bridgehead atoms. The SMILES string of the molecule is CCCCc1cc(=O)[nH]c(SCc2cccc(C)c2)n1. The summed E-state index contributed by atoms with van der Waals surface area (Å²) >= 11 is 1.58. The smallest absolute Gasteiger partial charge is 0.251 e. The summed E-state index contributed by atoms with van der Waals surface area (Å²) in [6.45, 7) is 4.22. The highest BCUT2D eigenvalue weighted by atomic mass is 32.2. The van der Waals surface area contributed by atoms with Gasteiger partial charge in [0.15, 0.2) is 5.16 Å². The number of hydrogen-bond acceptors (Lipinski definition) is 3. The molecule has 3 nitrogen and oxygen atoms in total. The van der Waals surface area contributed by atoms with Crippen LogP contribution < -0.4 is 5.56 Å². The lowest BCUT2D eigenvalue weighted by Gasteiger charge is -2.04. The first-order valence-electron chi connectivity index (χ1n) is 6.96. The van der Waals surface area contributed by atoms with E-state index < -0.39 is 0 Å². The van der Waals surface area contributed by atoms with Crippen molar-refractivity contribution in [1.82, 2.24) is 9.97 Å². The molecule has 1 heterocycles. The van der Waals surface area contributed by atoms with Gasteiger partial charge in [-0.3, -0.25) is 4.79 Å². The van der Waals surface area contributed by atoms with E-state index in [1.165, 1.54) is 11.1 Å². The molecule has 4 heteroatoms. The fourth-order valence-corrected chi connectivity index (χ4v) is 2.83. The first-order valence-corrected chi connectivity index (χ1v) is 7.94. The Kier molecular flexibility index (Phi) is 5.41. The van der Waals surface area contributed by atoms with Gasteiger partial charge in [-0.1, -0.05) is 54.9 Å². The summed E-state index contributed by atoms with van der Waals surface area (Å²) in [5.74, 6) is 0.821. The van der Waals surface area contributed by atoms with Crippen molar-refractivity contribution in [1.29, 1.82) is 0 Å². The molecule has 0 saturated heterocycles. The van der Waals surface area contributed by atoms with Crippen LogP contribution >= 0.6 is 11.8 Å². The van der Waals surface area contributed by atoms with Crippen LogP contribution in [0.3, 0.4) is 0 Å². The van der Waals surface area contributed by atoms with Gasteiger partial charge in [0.2, 0.25) is 0 Å². The highest BCUT2D eigenvalue weighted by Gasteiger charge is 2.03. The standard InChI is InChI=1S/C16H20N2OS/c1-3-4-8-14-10-15(19)18-16(17-14)20-11-13-7-5-6-12(2)9-13/h5-7,9-10H,3-4,8,11H2,1-2H3,(H,17,18,19). The predicted octanol–water partition coefficient (Wildman–Crippen LogP) is 3.71. The van der Waals surface area contributed by atoms with Crippen LogP contribution in [0.25, 0.3) is 0 Å². The minimum Gasteiger partial charge on any atom is -0.301 e. The average Bonchev–Trinajstić information content (AvgIpc) is 2.42. The molecule has 0 saturated carbocycles. The number of rotatable bonds is 6. The molecule has 2 rings (SSSR count). The monoisotopic (exact) mass is 288 g/mol. The highest BCUT2D eigenvalue weighted by Crippen LogP contribution is 2.19. The zero-order valence-electron chi connectivity index (χ0n) is 12.0. The number of aromatic amines is 1. The van der Waals surface area contributed by atoms with E-state index in [0.29, 0.717) is 5.16 Å². The van der Waals surface area contributed by atoms with Crippen LogP contribution in [0.2, 0.25) is 0 Å². The molecule has 0 aliphatic carbocycles. The van der Waals surface area contributed by atoms with Crippen molar-refractivity contribution < 1.29 is 0 Å². The second kappa shape index (κ2) is 7.29. The number of benzene rings is 1. The Balaban J connectivity index is 2.05. The van der Waals surface area contributed by atoms with Crippen molar-refractivity contribution in [3.63, 3.8) is 0 Å². The van der Waals surface area contributed by atoms with Crippen molar-refractivity contribution >= 4 is 11.8 Å². The van der Waals surface area contributed by atoms with Gasteiger partial charge >= 0.3 is 0 Å². The quantitative estimate of drug-likeness (QED) is 0.651. The number of nitrogens with one attached hydrogen (secondary N) is 1. The van der Waals surface area contributed by atoms with E-state index in [9.17, 15) is 4.79 Å². The van der Waals surface area contributed by atoms with E-state index in [0.717, 1.165) is 30.7 Å². The van der Waals surface area contributed by atoms with Gasteiger partial charge in [0, 0.05) is 17.5 Å². The van der Waals surface area contributed by atoms with Crippen molar-refractivity contribution in [2.24, 2.45) is 0 Å². The molecule has 0 fully saturated rings. The second-order valence-corrected chi connectivity index (χ2v) is 5.89. The van der Waals surface area contributed by atoms with Gasteiger partial charge < -0.3 is 4.98 Å². The minimum atomic E-state index is -0.0576. The summed E-state index contributed by atoms with van der Waals surface area (Å²) in [7, 11) is 0. The highest BCUT2D eigenvalue weighted by molar-refractivity contribution is 7.98. The lowest BCUT2D eigenvalue weighted by Crippen LogP contribution is -2.10. The Morgan fingerprint density at radius 1 is 1.30 bits per heavy atom.